The molecule has 2 rings (SSSR count). The van der Waals surface area contributed by atoms with Gasteiger partial charge < -0.3 is 0 Å². The lowest BCUT2D eigenvalue weighted by Gasteiger charge is -2.09. The number of nitrogens with one attached hydrogen (secondary N) is 1. The van der Waals surface area contributed by atoms with Crippen LogP contribution in [0.25, 0.3) is 0 Å². The molecule has 1 N–H and O–H groups in total. The van der Waals surface area contributed by atoms with Crippen LogP contribution in [0, 0.1) is 6.92 Å². The van der Waals surface area contributed by atoms with E-state index < -0.39 is 0 Å². The third-order valence-corrected chi connectivity index (χ3v) is 3.42. The zero-order valence-corrected chi connectivity index (χ0v) is 8.64. The van der Waals surface area contributed by atoms with Crippen molar-refractivity contribution in [3.05, 3.63) is 23.8 Å². The highest BCUT2D eigenvalue weighted by Gasteiger charge is 2.23. The summed E-state index contributed by atoms with van der Waals surface area (Å²) in [6.45, 7) is 4.12. The van der Waals surface area contributed by atoms with E-state index in [9.17, 15) is 0 Å². The van der Waals surface area contributed by atoms with Gasteiger partial charge in [-0.25, -0.2) is 9.97 Å². The normalized spacial score (nSPS) is 27.8. The van der Waals surface area contributed by atoms with Gasteiger partial charge in [-0.3, -0.25) is 5.32 Å². The summed E-state index contributed by atoms with van der Waals surface area (Å²) in [6, 6.07) is 2.57. The molecule has 0 bridgehead atoms. The molecule has 2 heterocycles. The molecule has 0 amide bonds. The molecular formula is C9H13N3S. The summed E-state index contributed by atoms with van der Waals surface area (Å²) in [5, 5.41) is 3.83. The highest BCUT2D eigenvalue weighted by Crippen LogP contribution is 2.30. The van der Waals surface area contributed by atoms with E-state index >= 15 is 0 Å². The zero-order valence-electron chi connectivity index (χ0n) is 7.82. The third kappa shape index (κ3) is 2.00. The first-order valence-corrected chi connectivity index (χ1v) is 5.48. The maximum Gasteiger partial charge on any atom is 0.125 e. The van der Waals surface area contributed by atoms with Crippen LogP contribution in [0.2, 0.25) is 0 Å². The second kappa shape index (κ2) is 3.64. The number of aryl methyl sites for hydroxylation is 1. The molecule has 1 aromatic heterocycles. The van der Waals surface area contributed by atoms with Crippen LogP contribution in [0.5, 0.6) is 0 Å². The average Bonchev–Trinajstić information content (AvgIpc) is 2.52. The van der Waals surface area contributed by atoms with Crippen LogP contribution < -0.4 is 5.32 Å². The fourth-order valence-electron chi connectivity index (χ4n) is 1.39. The molecule has 0 spiro atoms. The number of nitrogens with zero attached hydrogens (tertiary/aromatic N) is 2. The monoisotopic (exact) mass is 195 g/mol. The first kappa shape index (κ1) is 8.97. The Morgan fingerprint density at radius 3 is 3.08 bits per heavy atom. The van der Waals surface area contributed by atoms with Crippen molar-refractivity contribution in [2.45, 2.75) is 25.3 Å². The molecule has 13 heavy (non-hydrogen) atoms. The van der Waals surface area contributed by atoms with Crippen molar-refractivity contribution in [1.29, 1.82) is 0 Å². The minimum absolute atomic E-state index is 0.358. The Morgan fingerprint density at radius 2 is 2.46 bits per heavy atom. The SMILES string of the molecule is Cc1nccc(C2NC(C)CS2)n1. The second-order valence-corrected chi connectivity index (χ2v) is 4.45. The fourth-order valence-corrected chi connectivity index (χ4v) is 2.59. The summed E-state index contributed by atoms with van der Waals surface area (Å²) in [4.78, 5) is 8.48. The fraction of sp³-hybridized carbons (Fsp3) is 0.556. The van der Waals surface area contributed by atoms with E-state index in [0.29, 0.717) is 11.4 Å². The molecule has 0 saturated carbocycles. The predicted molar refractivity (Wildman–Crippen MR) is 54.6 cm³/mol. The van der Waals surface area contributed by atoms with Crippen LogP contribution in [0.1, 0.15) is 23.8 Å². The van der Waals surface area contributed by atoms with Crippen molar-refractivity contribution in [3.63, 3.8) is 0 Å². The topological polar surface area (TPSA) is 37.8 Å². The van der Waals surface area contributed by atoms with Crippen LogP contribution in [-0.4, -0.2) is 21.8 Å². The lowest BCUT2D eigenvalue weighted by Crippen LogP contribution is -2.22. The highest BCUT2D eigenvalue weighted by atomic mass is 32.2. The summed E-state index contributed by atoms with van der Waals surface area (Å²) in [6.07, 6.45) is 1.82. The first-order chi connectivity index (χ1) is 6.25. The van der Waals surface area contributed by atoms with Gasteiger partial charge in [-0.15, -0.1) is 11.8 Å². The zero-order chi connectivity index (χ0) is 9.26. The summed E-state index contributed by atoms with van der Waals surface area (Å²) in [5.74, 6) is 2.01. The van der Waals surface area contributed by atoms with Gasteiger partial charge in [0.1, 0.15) is 5.82 Å². The Labute approximate surface area is 82.4 Å². The molecule has 1 aliphatic rings. The van der Waals surface area contributed by atoms with Gasteiger partial charge >= 0.3 is 0 Å². The van der Waals surface area contributed by atoms with Crippen molar-refractivity contribution >= 4 is 11.8 Å². The smallest absolute Gasteiger partial charge is 0.125 e. The van der Waals surface area contributed by atoms with Crippen molar-refractivity contribution < 1.29 is 0 Å². The number of aromatic nitrogens is 2. The molecule has 2 atom stereocenters. The van der Waals surface area contributed by atoms with Gasteiger partial charge in [-0.1, -0.05) is 0 Å². The molecule has 0 radical (unpaired) electrons. The van der Waals surface area contributed by atoms with Crippen molar-refractivity contribution in [2.24, 2.45) is 0 Å². The molecule has 0 aromatic carbocycles. The van der Waals surface area contributed by atoms with Crippen molar-refractivity contribution in [3.8, 4) is 0 Å². The maximum atomic E-state index is 4.40. The van der Waals surface area contributed by atoms with Crippen LogP contribution in [0.15, 0.2) is 12.3 Å². The lowest BCUT2D eigenvalue weighted by molar-refractivity contribution is 0.607. The molecular weight excluding hydrogens is 182 g/mol. The van der Waals surface area contributed by atoms with Crippen molar-refractivity contribution in [1.82, 2.24) is 15.3 Å². The molecule has 3 nitrogen and oxygen atoms in total. The minimum Gasteiger partial charge on any atom is -0.297 e. The van der Waals surface area contributed by atoms with Crippen molar-refractivity contribution in [2.75, 3.05) is 5.75 Å². The van der Waals surface area contributed by atoms with Gasteiger partial charge in [0.05, 0.1) is 11.1 Å². The van der Waals surface area contributed by atoms with E-state index in [1.54, 1.807) is 0 Å². The van der Waals surface area contributed by atoms with E-state index in [1.165, 1.54) is 0 Å². The molecule has 1 aromatic rings. The van der Waals surface area contributed by atoms with Gasteiger partial charge in [0.15, 0.2) is 0 Å². The second-order valence-electron chi connectivity index (χ2n) is 3.31. The van der Waals surface area contributed by atoms with Crippen LogP contribution in [-0.2, 0) is 0 Å². The van der Waals surface area contributed by atoms with Gasteiger partial charge in [0.25, 0.3) is 0 Å². The number of hydrogen-bond acceptors (Lipinski definition) is 4. The minimum atomic E-state index is 0.358. The van der Waals surface area contributed by atoms with E-state index in [0.717, 1.165) is 17.3 Å². The van der Waals surface area contributed by atoms with Crippen LogP contribution in [0.3, 0.4) is 0 Å². The number of rotatable bonds is 1. The van der Waals surface area contributed by atoms with E-state index in [-0.39, 0.29) is 0 Å². The Hall–Kier alpha value is -0.610. The molecule has 1 saturated heterocycles. The third-order valence-electron chi connectivity index (χ3n) is 2.01. The Balaban J connectivity index is 2.16. The lowest BCUT2D eigenvalue weighted by atomic mass is 10.3. The standard InChI is InChI=1S/C9H13N3S/c1-6-5-13-9(11-6)8-3-4-10-7(2)12-8/h3-4,6,9,11H,5H2,1-2H3. The number of hydrogen-bond donors (Lipinski definition) is 1. The van der Waals surface area contributed by atoms with E-state index in [2.05, 4.69) is 22.2 Å². The van der Waals surface area contributed by atoms with Gasteiger partial charge in [0.2, 0.25) is 0 Å². The highest BCUT2D eigenvalue weighted by molar-refractivity contribution is 7.99. The molecule has 1 fully saturated rings. The Kier molecular flexibility index (Phi) is 2.51. The van der Waals surface area contributed by atoms with Crippen LogP contribution >= 0.6 is 11.8 Å². The summed E-state index contributed by atoms with van der Waals surface area (Å²) in [7, 11) is 0. The van der Waals surface area contributed by atoms with E-state index in [1.807, 2.05) is 30.9 Å². The summed E-state index contributed by atoms with van der Waals surface area (Å²) in [5.41, 5.74) is 1.10. The van der Waals surface area contributed by atoms with Gasteiger partial charge in [0, 0.05) is 18.0 Å². The average molecular weight is 195 g/mol. The largest absolute Gasteiger partial charge is 0.297 e. The predicted octanol–water partition coefficient (Wildman–Crippen LogP) is 1.51. The Morgan fingerprint density at radius 1 is 1.62 bits per heavy atom. The maximum absolute atomic E-state index is 4.40. The van der Waals surface area contributed by atoms with E-state index in [4.69, 9.17) is 0 Å². The quantitative estimate of drug-likeness (QED) is 0.737. The van der Waals surface area contributed by atoms with Crippen LogP contribution in [0.4, 0.5) is 0 Å². The molecule has 4 heteroatoms. The molecule has 70 valence electrons. The Bertz CT molecular complexity index is 303. The molecule has 1 aliphatic heterocycles. The van der Waals surface area contributed by atoms with Gasteiger partial charge in [-0.05, 0) is 19.9 Å². The number of thioether (sulfide) groups is 1. The summed E-state index contributed by atoms with van der Waals surface area (Å²) < 4.78 is 0. The summed E-state index contributed by atoms with van der Waals surface area (Å²) >= 11 is 1.91. The molecule has 2 unspecified atom stereocenters. The van der Waals surface area contributed by atoms with Gasteiger partial charge in [-0.2, -0.15) is 0 Å². The molecule has 0 aliphatic carbocycles. The first-order valence-electron chi connectivity index (χ1n) is 4.43.